The topological polar surface area (TPSA) is 0 Å². The summed E-state index contributed by atoms with van der Waals surface area (Å²) < 4.78 is 0. The van der Waals surface area contributed by atoms with Gasteiger partial charge in [0.25, 0.3) is 0 Å². The molecule has 0 spiro atoms. The van der Waals surface area contributed by atoms with Crippen LogP contribution in [0.25, 0.3) is 0 Å². The monoisotopic (exact) mass is 150 g/mol. The third-order valence-corrected chi connectivity index (χ3v) is 3.31. The van der Waals surface area contributed by atoms with Crippen LogP contribution in [0, 0.1) is 11.8 Å². The Hall–Kier alpha value is -0.260. The van der Waals surface area contributed by atoms with Crippen LogP contribution in [0.1, 0.15) is 44.9 Å². The van der Waals surface area contributed by atoms with Crippen LogP contribution in [-0.2, 0) is 0 Å². The predicted octanol–water partition coefficient (Wildman–Crippen LogP) is 3.53. The molecule has 2 aliphatic carbocycles. The zero-order valence-corrected chi connectivity index (χ0v) is 7.26. The molecule has 0 aromatic rings. The Morgan fingerprint density at radius 2 is 1.73 bits per heavy atom. The second-order valence-electron chi connectivity index (χ2n) is 4.07. The number of hydrogen-bond acceptors (Lipinski definition) is 0. The van der Waals surface area contributed by atoms with Crippen molar-refractivity contribution in [2.75, 3.05) is 0 Å². The van der Waals surface area contributed by atoms with Gasteiger partial charge in [-0.3, -0.25) is 0 Å². The van der Waals surface area contributed by atoms with Crippen LogP contribution in [0.2, 0.25) is 0 Å². The van der Waals surface area contributed by atoms with E-state index in [0.717, 1.165) is 11.8 Å². The summed E-state index contributed by atoms with van der Waals surface area (Å²) in [5.41, 5.74) is 0. The maximum atomic E-state index is 2.47. The molecule has 11 heavy (non-hydrogen) atoms. The van der Waals surface area contributed by atoms with Gasteiger partial charge in [0.2, 0.25) is 0 Å². The normalized spacial score (nSPS) is 32.9. The highest BCUT2D eigenvalue weighted by Crippen LogP contribution is 2.35. The molecule has 0 aromatic carbocycles. The standard InChI is InChI=1S/C11H18/c1-2-6-10(7-3-1)11-8-4-5-9-11/h4,8,10-11H,1-3,5-7,9H2/t11-/m1/s1. The van der Waals surface area contributed by atoms with Crippen molar-refractivity contribution in [3.05, 3.63) is 12.2 Å². The van der Waals surface area contributed by atoms with E-state index < -0.39 is 0 Å². The van der Waals surface area contributed by atoms with Crippen molar-refractivity contribution in [3.8, 4) is 0 Å². The first-order valence-electron chi connectivity index (χ1n) is 5.13. The van der Waals surface area contributed by atoms with Crippen molar-refractivity contribution in [2.45, 2.75) is 44.9 Å². The van der Waals surface area contributed by atoms with Crippen molar-refractivity contribution >= 4 is 0 Å². The van der Waals surface area contributed by atoms with Crippen LogP contribution < -0.4 is 0 Å². The van der Waals surface area contributed by atoms with E-state index in [1.54, 1.807) is 0 Å². The Labute approximate surface area is 69.7 Å². The Morgan fingerprint density at radius 3 is 2.36 bits per heavy atom. The summed E-state index contributed by atoms with van der Waals surface area (Å²) >= 11 is 0. The Balaban J connectivity index is 1.87. The van der Waals surface area contributed by atoms with E-state index in [2.05, 4.69) is 12.2 Å². The summed E-state index contributed by atoms with van der Waals surface area (Å²) in [7, 11) is 0. The molecule has 62 valence electrons. The van der Waals surface area contributed by atoms with E-state index in [9.17, 15) is 0 Å². The van der Waals surface area contributed by atoms with Gasteiger partial charge in [0, 0.05) is 0 Å². The van der Waals surface area contributed by atoms with Crippen molar-refractivity contribution < 1.29 is 0 Å². The molecule has 0 unspecified atom stereocenters. The van der Waals surface area contributed by atoms with Gasteiger partial charge >= 0.3 is 0 Å². The molecule has 0 heteroatoms. The molecule has 1 atom stereocenters. The van der Waals surface area contributed by atoms with E-state index in [-0.39, 0.29) is 0 Å². The number of allylic oxidation sites excluding steroid dienone is 2. The van der Waals surface area contributed by atoms with Crippen LogP contribution in [0.5, 0.6) is 0 Å². The van der Waals surface area contributed by atoms with Gasteiger partial charge in [-0.2, -0.15) is 0 Å². The van der Waals surface area contributed by atoms with E-state index in [4.69, 9.17) is 0 Å². The van der Waals surface area contributed by atoms with Gasteiger partial charge in [-0.05, 0) is 37.5 Å². The lowest BCUT2D eigenvalue weighted by atomic mass is 9.80. The van der Waals surface area contributed by atoms with Crippen molar-refractivity contribution in [1.82, 2.24) is 0 Å². The molecular formula is C11H18. The molecule has 2 aliphatic rings. The maximum Gasteiger partial charge on any atom is -0.0202 e. The molecule has 0 radical (unpaired) electrons. The van der Waals surface area contributed by atoms with Crippen molar-refractivity contribution in [2.24, 2.45) is 11.8 Å². The lowest BCUT2D eigenvalue weighted by Gasteiger charge is -2.26. The average molecular weight is 150 g/mol. The first-order chi connectivity index (χ1) is 5.47. The fraction of sp³-hybridized carbons (Fsp3) is 0.818. The second-order valence-corrected chi connectivity index (χ2v) is 4.07. The SMILES string of the molecule is C1=C[C@@H](C2CCCCC2)CC1. The van der Waals surface area contributed by atoms with E-state index in [1.807, 2.05) is 0 Å². The molecular weight excluding hydrogens is 132 g/mol. The number of hydrogen-bond donors (Lipinski definition) is 0. The van der Waals surface area contributed by atoms with Gasteiger partial charge < -0.3 is 0 Å². The van der Waals surface area contributed by atoms with Crippen LogP contribution in [0.4, 0.5) is 0 Å². The Bertz CT molecular complexity index is 140. The quantitative estimate of drug-likeness (QED) is 0.502. The molecule has 0 saturated heterocycles. The summed E-state index contributed by atoms with van der Waals surface area (Å²) in [4.78, 5) is 0. The minimum atomic E-state index is 0.968. The van der Waals surface area contributed by atoms with Crippen LogP contribution >= 0.6 is 0 Å². The smallest absolute Gasteiger partial charge is 0.0202 e. The zero-order valence-electron chi connectivity index (χ0n) is 7.26. The molecule has 0 amide bonds. The summed E-state index contributed by atoms with van der Waals surface area (Å²) in [5.74, 6) is 2.03. The first kappa shape index (κ1) is 7.39. The van der Waals surface area contributed by atoms with Crippen LogP contribution in [-0.4, -0.2) is 0 Å². The van der Waals surface area contributed by atoms with Gasteiger partial charge in [0.05, 0.1) is 0 Å². The van der Waals surface area contributed by atoms with E-state index in [0.29, 0.717) is 0 Å². The second kappa shape index (κ2) is 3.42. The zero-order chi connectivity index (χ0) is 7.52. The van der Waals surface area contributed by atoms with Crippen LogP contribution in [0.15, 0.2) is 12.2 Å². The predicted molar refractivity (Wildman–Crippen MR) is 48.4 cm³/mol. The largest absolute Gasteiger partial charge is 0.0882 e. The summed E-state index contributed by atoms with van der Waals surface area (Å²) in [6, 6.07) is 0. The molecule has 2 rings (SSSR count). The third kappa shape index (κ3) is 1.66. The minimum Gasteiger partial charge on any atom is -0.0882 e. The summed E-state index contributed by atoms with van der Waals surface area (Å²) in [6.45, 7) is 0. The molecule has 0 bridgehead atoms. The highest BCUT2D eigenvalue weighted by Gasteiger charge is 2.22. The van der Waals surface area contributed by atoms with E-state index >= 15 is 0 Å². The molecule has 1 saturated carbocycles. The highest BCUT2D eigenvalue weighted by atomic mass is 14.3. The molecule has 0 aromatic heterocycles. The Morgan fingerprint density at radius 1 is 0.909 bits per heavy atom. The molecule has 0 aliphatic heterocycles. The van der Waals surface area contributed by atoms with Gasteiger partial charge in [0.1, 0.15) is 0 Å². The van der Waals surface area contributed by atoms with Gasteiger partial charge in [0.15, 0.2) is 0 Å². The average Bonchev–Trinajstić information content (AvgIpc) is 2.58. The highest BCUT2D eigenvalue weighted by molar-refractivity contribution is 4.99. The van der Waals surface area contributed by atoms with Crippen LogP contribution in [0.3, 0.4) is 0 Å². The summed E-state index contributed by atoms with van der Waals surface area (Å²) in [6.07, 6.45) is 15.1. The summed E-state index contributed by atoms with van der Waals surface area (Å²) in [5, 5.41) is 0. The van der Waals surface area contributed by atoms with Gasteiger partial charge in [-0.15, -0.1) is 0 Å². The molecule has 0 nitrogen and oxygen atoms in total. The lowest BCUT2D eigenvalue weighted by Crippen LogP contribution is -2.14. The molecule has 0 heterocycles. The van der Waals surface area contributed by atoms with Gasteiger partial charge in [-0.1, -0.05) is 31.4 Å². The fourth-order valence-corrected chi connectivity index (χ4v) is 2.61. The van der Waals surface area contributed by atoms with Gasteiger partial charge in [-0.25, -0.2) is 0 Å². The minimum absolute atomic E-state index is 0.968. The molecule has 1 fully saturated rings. The Kier molecular flexibility index (Phi) is 2.30. The molecule has 0 N–H and O–H groups in total. The van der Waals surface area contributed by atoms with Crippen molar-refractivity contribution in [3.63, 3.8) is 0 Å². The fourth-order valence-electron chi connectivity index (χ4n) is 2.61. The lowest BCUT2D eigenvalue weighted by molar-refractivity contribution is 0.284. The number of rotatable bonds is 1. The maximum absolute atomic E-state index is 2.47. The van der Waals surface area contributed by atoms with E-state index in [1.165, 1.54) is 44.9 Å². The first-order valence-corrected chi connectivity index (χ1v) is 5.13. The third-order valence-electron chi connectivity index (χ3n) is 3.31. The van der Waals surface area contributed by atoms with Crippen molar-refractivity contribution in [1.29, 1.82) is 0 Å².